The summed E-state index contributed by atoms with van der Waals surface area (Å²) in [6, 6.07) is 0. The molecular weight excluding hydrogens is 174 g/mol. The summed E-state index contributed by atoms with van der Waals surface area (Å²) in [5.41, 5.74) is 0.842. The van der Waals surface area contributed by atoms with Crippen LogP contribution in [0.25, 0.3) is 0 Å². The normalized spacial score (nSPS) is 17.8. The van der Waals surface area contributed by atoms with Crippen LogP contribution in [0.3, 0.4) is 0 Å². The first-order chi connectivity index (χ1) is 5.49. The number of sulfonamides is 1. The van der Waals surface area contributed by atoms with Gasteiger partial charge in [-0.15, -0.1) is 0 Å². The lowest BCUT2D eigenvalue weighted by Gasteiger charge is -2.04. The van der Waals surface area contributed by atoms with Gasteiger partial charge in [0.05, 0.1) is 5.75 Å². The summed E-state index contributed by atoms with van der Waals surface area (Å²) in [6.07, 6.45) is 2.13. The average molecular weight is 189 g/mol. The predicted octanol–water partition coefficient (Wildman–Crippen LogP) is 0.892. The van der Waals surface area contributed by atoms with Gasteiger partial charge in [0.2, 0.25) is 10.0 Å². The van der Waals surface area contributed by atoms with E-state index in [9.17, 15) is 8.42 Å². The first kappa shape index (κ1) is 9.74. The van der Waals surface area contributed by atoms with Crippen molar-refractivity contribution in [2.24, 2.45) is 5.92 Å². The summed E-state index contributed by atoms with van der Waals surface area (Å²) in [5.74, 6) is 0.702. The van der Waals surface area contributed by atoms with Crippen molar-refractivity contribution in [3.05, 3.63) is 12.2 Å². The molecule has 0 amide bonds. The Morgan fingerprint density at radius 3 is 2.58 bits per heavy atom. The molecule has 12 heavy (non-hydrogen) atoms. The molecule has 0 bridgehead atoms. The van der Waals surface area contributed by atoms with Crippen LogP contribution < -0.4 is 4.72 Å². The zero-order valence-corrected chi connectivity index (χ0v) is 8.15. The highest BCUT2D eigenvalue weighted by Crippen LogP contribution is 2.29. The van der Waals surface area contributed by atoms with E-state index >= 15 is 0 Å². The summed E-state index contributed by atoms with van der Waals surface area (Å²) in [7, 11) is -3.02. The van der Waals surface area contributed by atoms with Crippen molar-refractivity contribution in [1.82, 2.24) is 4.72 Å². The van der Waals surface area contributed by atoms with E-state index in [4.69, 9.17) is 0 Å². The molecule has 0 radical (unpaired) electrons. The minimum Gasteiger partial charge on any atom is -0.212 e. The highest BCUT2D eigenvalue weighted by molar-refractivity contribution is 7.89. The van der Waals surface area contributed by atoms with Gasteiger partial charge in [0.25, 0.3) is 0 Å². The second-order valence-corrected chi connectivity index (χ2v) is 5.35. The van der Waals surface area contributed by atoms with Gasteiger partial charge in [-0.05, 0) is 25.7 Å². The predicted molar refractivity (Wildman–Crippen MR) is 49.3 cm³/mol. The molecule has 70 valence electrons. The third kappa shape index (κ3) is 3.88. The van der Waals surface area contributed by atoms with Crippen LogP contribution in [0.5, 0.6) is 0 Å². The average Bonchev–Trinajstić information content (AvgIpc) is 2.67. The zero-order valence-electron chi connectivity index (χ0n) is 7.34. The lowest BCUT2D eigenvalue weighted by atomic mass is 10.4. The van der Waals surface area contributed by atoms with E-state index in [1.807, 2.05) is 0 Å². The van der Waals surface area contributed by atoms with Crippen LogP contribution >= 0.6 is 0 Å². The quantitative estimate of drug-likeness (QED) is 0.653. The van der Waals surface area contributed by atoms with Gasteiger partial charge in [-0.2, -0.15) is 0 Å². The first-order valence-electron chi connectivity index (χ1n) is 4.11. The maximum Gasteiger partial charge on any atom is 0.212 e. The summed E-state index contributed by atoms with van der Waals surface area (Å²) in [4.78, 5) is 0. The lowest BCUT2D eigenvalue weighted by Crippen LogP contribution is -2.28. The number of rotatable bonds is 5. The Morgan fingerprint density at radius 2 is 2.17 bits per heavy atom. The summed E-state index contributed by atoms with van der Waals surface area (Å²) >= 11 is 0. The van der Waals surface area contributed by atoms with Gasteiger partial charge in [-0.3, -0.25) is 0 Å². The molecule has 1 aliphatic carbocycles. The van der Waals surface area contributed by atoms with E-state index in [0.29, 0.717) is 18.2 Å². The molecule has 1 aliphatic rings. The molecule has 0 aliphatic heterocycles. The van der Waals surface area contributed by atoms with Gasteiger partial charge in [-0.1, -0.05) is 12.2 Å². The molecule has 0 atom stereocenters. The topological polar surface area (TPSA) is 46.2 Å². The molecule has 1 saturated carbocycles. The maximum absolute atomic E-state index is 11.2. The molecule has 0 aromatic carbocycles. The fourth-order valence-corrected chi connectivity index (χ4v) is 2.43. The summed E-state index contributed by atoms with van der Waals surface area (Å²) in [6.45, 7) is 5.80. The molecule has 0 unspecified atom stereocenters. The van der Waals surface area contributed by atoms with Crippen LogP contribution in [0.2, 0.25) is 0 Å². The molecule has 4 heteroatoms. The molecule has 0 heterocycles. The highest BCUT2D eigenvalue weighted by Gasteiger charge is 2.27. The van der Waals surface area contributed by atoms with Crippen molar-refractivity contribution < 1.29 is 8.42 Å². The smallest absolute Gasteiger partial charge is 0.212 e. The lowest BCUT2D eigenvalue weighted by molar-refractivity contribution is 0.581. The van der Waals surface area contributed by atoms with Crippen molar-refractivity contribution in [3.8, 4) is 0 Å². The van der Waals surface area contributed by atoms with E-state index in [1.54, 1.807) is 6.92 Å². The van der Waals surface area contributed by atoms with Crippen molar-refractivity contribution in [2.75, 3.05) is 12.3 Å². The summed E-state index contributed by atoms with van der Waals surface area (Å²) < 4.78 is 25.0. The Bertz CT molecular complexity index is 265. The standard InChI is InChI=1S/C8H15NO2S/c1-7(2)5-9-12(10,11)6-8-3-4-8/h8-9H,1,3-6H2,2H3. The van der Waals surface area contributed by atoms with Crippen LogP contribution in [0.15, 0.2) is 12.2 Å². The van der Waals surface area contributed by atoms with E-state index < -0.39 is 10.0 Å². The second-order valence-electron chi connectivity index (χ2n) is 3.50. The van der Waals surface area contributed by atoms with Gasteiger partial charge < -0.3 is 0 Å². The third-order valence-corrected chi connectivity index (χ3v) is 3.24. The largest absolute Gasteiger partial charge is 0.212 e. The molecule has 1 N–H and O–H groups in total. The highest BCUT2D eigenvalue weighted by atomic mass is 32.2. The van der Waals surface area contributed by atoms with Crippen LogP contribution in [-0.4, -0.2) is 20.7 Å². The van der Waals surface area contributed by atoms with Gasteiger partial charge >= 0.3 is 0 Å². The molecule has 1 rings (SSSR count). The monoisotopic (exact) mass is 189 g/mol. The fourth-order valence-electron chi connectivity index (χ4n) is 0.887. The fraction of sp³-hybridized carbons (Fsp3) is 0.750. The van der Waals surface area contributed by atoms with E-state index in [0.717, 1.165) is 18.4 Å². The van der Waals surface area contributed by atoms with Gasteiger partial charge in [0, 0.05) is 6.54 Å². The van der Waals surface area contributed by atoms with Gasteiger partial charge in [0.15, 0.2) is 0 Å². The van der Waals surface area contributed by atoms with Crippen LogP contribution in [0, 0.1) is 5.92 Å². The Kier molecular flexibility index (Phi) is 2.90. The maximum atomic E-state index is 11.2. The van der Waals surface area contributed by atoms with Crippen molar-refractivity contribution in [2.45, 2.75) is 19.8 Å². The molecule has 0 aromatic heterocycles. The molecule has 0 spiro atoms. The van der Waals surface area contributed by atoms with Gasteiger partial charge in [-0.25, -0.2) is 13.1 Å². The SMILES string of the molecule is C=C(C)CNS(=O)(=O)CC1CC1. The number of hydrogen-bond donors (Lipinski definition) is 1. The molecular formula is C8H15NO2S. The second kappa shape index (κ2) is 3.58. The Balaban J connectivity index is 2.31. The summed E-state index contributed by atoms with van der Waals surface area (Å²) in [5, 5.41) is 0. The number of nitrogens with one attached hydrogen (secondary N) is 1. The minimum absolute atomic E-state index is 0.292. The third-order valence-electron chi connectivity index (χ3n) is 1.75. The Hall–Kier alpha value is -0.350. The van der Waals surface area contributed by atoms with Crippen LogP contribution in [-0.2, 0) is 10.0 Å². The van der Waals surface area contributed by atoms with Crippen LogP contribution in [0.1, 0.15) is 19.8 Å². The van der Waals surface area contributed by atoms with Gasteiger partial charge in [0.1, 0.15) is 0 Å². The Morgan fingerprint density at radius 1 is 1.58 bits per heavy atom. The zero-order chi connectivity index (χ0) is 9.19. The van der Waals surface area contributed by atoms with Crippen molar-refractivity contribution in [1.29, 1.82) is 0 Å². The number of hydrogen-bond acceptors (Lipinski definition) is 2. The van der Waals surface area contributed by atoms with E-state index in [-0.39, 0.29) is 0 Å². The van der Waals surface area contributed by atoms with Crippen molar-refractivity contribution in [3.63, 3.8) is 0 Å². The molecule has 3 nitrogen and oxygen atoms in total. The van der Waals surface area contributed by atoms with Crippen molar-refractivity contribution >= 4 is 10.0 Å². The van der Waals surface area contributed by atoms with E-state index in [1.165, 1.54) is 0 Å². The Labute approximate surface area is 73.9 Å². The molecule has 0 aromatic rings. The van der Waals surface area contributed by atoms with Crippen LogP contribution in [0.4, 0.5) is 0 Å². The molecule has 0 saturated heterocycles. The van der Waals surface area contributed by atoms with E-state index in [2.05, 4.69) is 11.3 Å². The minimum atomic E-state index is -3.02. The molecule has 1 fully saturated rings. The first-order valence-corrected chi connectivity index (χ1v) is 5.76.